The van der Waals surface area contributed by atoms with Gasteiger partial charge in [0.15, 0.2) is 0 Å². The average molecular weight is 284 g/mol. The summed E-state index contributed by atoms with van der Waals surface area (Å²) in [6.45, 7) is 6.45. The van der Waals surface area contributed by atoms with Gasteiger partial charge in [0.2, 0.25) is 0 Å². The number of nitrogens with zero attached hydrogens (tertiary/aromatic N) is 4. The summed E-state index contributed by atoms with van der Waals surface area (Å²) >= 11 is 0. The number of benzene rings is 1. The molecule has 0 radical (unpaired) electrons. The minimum atomic E-state index is 0.483. The van der Waals surface area contributed by atoms with Crippen molar-refractivity contribution in [2.24, 2.45) is 7.05 Å². The van der Waals surface area contributed by atoms with Crippen LogP contribution in [0.3, 0.4) is 0 Å². The molecule has 0 saturated carbocycles. The molecule has 0 aliphatic carbocycles. The van der Waals surface area contributed by atoms with Crippen molar-refractivity contribution in [3.05, 3.63) is 53.3 Å². The van der Waals surface area contributed by atoms with Crippen LogP contribution >= 0.6 is 0 Å². The molecule has 1 aliphatic rings. The molecular formula is C17H24N4. The smallest absolute Gasteiger partial charge is 0.0537 e. The normalized spacial score (nSPS) is 20.8. The third-order valence-electron chi connectivity index (χ3n) is 4.65. The van der Waals surface area contributed by atoms with Crippen molar-refractivity contribution in [3.8, 4) is 0 Å². The van der Waals surface area contributed by atoms with E-state index in [9.17, 15) is 0 Å². The SMILES string of the molecule is Cc1c(CN2CCN(C)C(c3ccccc3)C2)cnn1C. The van der Waals surface area contributed by atoms with Gasteiger partial charge in [-0.1, -0.05) is 30.3 Å². The summed E-state index contributed by atoms with van der Waals surface area (Å²) in [6, 6.07) is 11.3. The fourth-order valence-corrected chi connectivity index (χ4v) is 3.05. The highest BCUT2D eigenvalue weighted by atomic mass is 15.3. The summed E-state index contributed by atoms with van der Waals surface area (Å²) in [4.78, 5) is 5.00. The molecule has 2 aromatic rings. The largest absolute Gasteiger partial charge is 0.297 e. The monoisotopic (exact) mass is 284 g/mol. The van der Waals surface area contributed by atoms with Crippen molar-refractivity contribution >= 4 is 0 Å². The van der Waals surface area contributed by atoms with Crippen LogP contribution in [0.4, 0.5) is 0 Å². The van der Waals surface area contributed by atoms with E-state index in [1.165, 1.54) is 16.8 Å². The van der Waals surface area contributed by atoms with E-state index in [0.717, 1.165) is 26.2 Å². The Balaban J connectivity index is 1.72. The highest BCUT2D eigenvalue weighted by Gasteiger charge is 2.26. The Morgan fingerprint density at radius 2 is 1.90 bits per heavy atom. The van der Waals surface area contributed by atoms with Gasteiger partial charge in [-0.15, -0.1) is 0 Å². The zero-order chi connectivity index (χ0) is 14.8. The zero-order valence-corrected chi connectivity index (χ0v) is 13.2. The van der Waals surface area contributed by atoms with E-state index in [2.05, 4.69) is 59.2 Å². The topological polar surface area (TPSA) is 24.3 Å². The standard InChI is InChI=1S/C17H24N4/c1-14-16(11-18-20(14)3)12-21-10-9-19(2)17(13-21)15-7-5-4-6-8-15/h4-8,11,17H,9-10,12-13H2,1-3H3. The maximum atomic E-state index is 4.35. The number of aromatic nitrogens is 2. The van der Waals surface area contributed by atoms with Crippen LogP contribution in [0.5, 0.6) is 0 Å². The lowest BCUT2D eigenvalue weighted by Gasteiger charge is -2.39. The Labute approximate surface area is 127 Å². The Morgan fingerprint density at radius 3 is 2.57 bits per heavy atom. The third kappa shape index (κ3) is 3.01. The molecule has 4 nitrogen and oxygen atoms in total. The van der Waals surface area contributed by atoms with Gasteiger partial charge in [0.25, 0.3) is 0 Å². The Kier molecular flexibility index (Phi) is 4.08. The molecule has 0 amide bonds. The van der Waals surface area contributed by atoms with Crippen LogP contribution in [0.2, 0.25) is 0 Å². The first-order valence-corrected chi connectivity index (χ1v) is 7.60. The van der Waals surface area contributed by atoms with Crippen molar-refractivity contribution < 1.29 is 0 Å². The lowest BCUT2D eigenvalue weighted by molar-refractivity contribution is 0.0903. The highest BCUT2D eigenvalue weighted by molar-refractivity contribution is 5.21. The number of piperazine rings is 1. The van der Waals surface area contributed by atoms with Gasteiger partial charge in [0, 0.05) is 50.5 Å². The third-order valence-corrected chi connectivity index (χ3v) is 4.65. The van der Waals surface area contributed by atoms with Crippen molar-refractivity contribution in [2.75, 3.05) is 26.7 Å². The molecule has 1 saturated heterocycles. The summed E-state index contributed by atoms with van der Waals surface area (Å²) in [6.07, 6.45) is 2.01. The summed E-state index contributed by atoms with van der Waals surface area (Å²) in [5.41, 5.74) is 4.02. The van der Waals surface area contributed by atoms with Crippen LogP contribution in [0.15, 0.2) is 36.5 Å². The van der Waals surface area contributed by atoms with E-state index in [1.807, 2.05) is 17.9 Å². The fourth-order valence-electron chi connectivity index (χ4n) is 3.05. The fraction of sp³-hybridized carbons (Fsp3) is 0.471. The minimum absolute atomic E-state index is 0.483. The Bertz CT molecular complexity index is 590. The quantitative estimate of drug-likeness (QED) is 0.864. The molecule has 1 fully saturated rings. The summed E-state index contributed by atoms with van der Waals surface area (Å²) < 4.78 is 1.96. The van der Waals surface area contributed by atoms with Gasteiger partial charge in [-0.25, -0.2) is 0 Å². The van der Waals surface area contributed by atoms with E-state index < -0.39 is 0 Å². The van der Waals surface area contributed by atoms with Gasteiger partial charge in [-0.2, -0.15) is 5.10 Å². The van der Waals surface area contributed by atoms with Crippen molar-refractivity contribution in [1.29, 1.82) is 0 Å². The maximum Gasteiger partial charge on any atom is 0.0537 e. The van der Waals surface area contributed by atoms with Gasteiger partial charge >= 0.3 is 0 Å². The average Bonchev–Trinajstić information content (AvgIpc) is 2.82. The van der Waals surface area contributed by atoms with E-state index in [4.69, 9.17) is 0 Å². The van der Waals surface area contributed by atoms with E-state index in [1.54, 1.807) is 0 Å². The molecule has 0 spiro atoms. The number of likely N-dealkylation sites (N-methyl/N-ethyl adjacent to an activating group) is 1. The van der Waals surface area contributed by atoms with Crippen molar-refractivity contribution in [1.82, 2.24) is 19.6 Å². The zero-order valence-electron chi connectivity index (χ0n) is 13.2. The van der Waals surface area contributed by atoms with Crippen LogP contribution in [-0.4, -0.2) is 46.3 Å². The second-order valence-corrected chi connectivity index (χ2v) is 6.02. The number of hydrogen-bond acceptors (Lipinski definition) is 3. The lowest BCUT2D eigenvalue weighted by Crippen LogP contribution is -2.46. The van der Waals surface area contributed by atoms with Gasteiger partial charge < -0.3 is 0 Å². The first-order chi connectivity index (χ1) is 10.1. The highest BCUT2D eigenvalue weighted by Crippen LogP contribution is 2.25. The molecule has 1 aromatic carbocycles. The molecule has 1 atom stereocenters. The molecule has 21 heavy (non-hydrogen) atoms. The van der Waals surface area contributed by atoms with Crippen LogP contribution in [0, 0.1) is 6.92 Å². The summed E-state index contributed by atoms with van der Waals surface area (Å²) in [7, 11) is 4.24. The predicted molar refractivity (Wildman–Crippen MR) is 85.0 cm³/mol. The molecule has 1 unspecified atom stereocenters. The minimum Gasteiger partial charge on any atom is -0.297 e. The lowest BCUT2D eigenvalue weighted by atomic mass is 10.0. The van der Waals surface area contributed by atoms with Crippen molar-refractivity contribution in [2.45, 2.75) is 19.5 Å². The molecule has 0 bridgehead atoms. The predicted octanol–water partition coefficient (Wildman–Crippen LogP) is 2.22. The molecule has 3 rings (SSSR count). The molecule has 0 N–H and O–H groups in total. The van der Waals surface area contributed by atoms with E-state index in [0.29, 0.717) is 6.04 Å². The number of aryl methyl sites for hydroxylation is 1. The molecule has 4 heteroatoms. The first kappa shape index (κ1) is 14.3. The molecule has 112 valence electrons. The first-order valence-electron chi connectivity index (χ1n) is 7.60. The molecule has 1 aromatic heterocycles. The Hall–Kier alpha value is -1.65. The molecular weight excluding hydrogens is 260 g/mol. The van der Waals surface area contributed by atoms with Gasteiger partial charge in [0.1, 0.15) is 0 Å². The van der Waals surface area contributed by atoms with Crippen LogP contribution < -0.4 is 0 Å². The second kappa shape index (κ2) is 6.00. The van der Waals surface area contributed by atoms with Crippen LogP contribution in [-0.2, 0) is 13.6 Å². The van der Waals surface area contributed by atoms with Crippen molar-refractivity contribution in [3.63, 3.8) is 0 Å². The van der Waals surface area contributed by atoms with Crippen LogP contribution in [0.25, 0.3) is 0 Å². The van der Waals surface area contributed by atoms with E-state index >= 15 is 0 Å². The van der Waals surface area contributed by atoms with Gasteiger partial charge in [-0.05, 0) is 19.5 Å². The molecule has 1 aliphatic heterocycles. The second-order valence-electron chi connectivity index (χ2n) is 6.02. The molecule has 2 heterocycles. The van der Waals surface area contributed by atoms with Gasteiger partial charge in [-0.3, -0.25) is 14.5 Å². The van der Waals surface area contributed by atoms with Crippen LogP contribution in [0.1, 0.15) is 22.9 Å². The Morgan fingerprint density at radius 1 is 1.14 bits per heavy atom. The van der Waals surface area contributed by atoms with E-state index in [-0.39, 0.29) is 0 Å². The number of rotatable bonds is 3. The number of hydrogen-bond donors (Lipinski definition) is 0. The summed E-state index contributed by atoms with van der Waals surface area (Å²) in [5.74, 6) is 0. The summed E-state index contributed by atoms with van der Waals surface area (Å²) in [5, 5.41) is 4.35. The maximum absolute atomic E-state index is 4.35. The van der Waals surface area contributed by atoms with Gasteiger partial charge in [0.05, 0.1) is 6.20 Å².